The van der Waals surface area contributed by atoms with Crippen LogP contribution in [0, 0.1) is 5.92 Å². The van der Waals surface area contributed by atoms with Gasteiger partial charge in [-0.1, -0.05) is 18.2 Å². The molecule has 1 aromatic carbocycles. The van der Waals surface area contributed by atoms with E-state index in [9.17, 15) is 4.79 Å². The molecule has 140 valence electrons. The predicted molar refractivity (Wildman–Crippen MR) is 103 cm³/mol. The number of carbonyl (C=O) groups excluding carboxylic acids is 1. The quantitative estimate of drug-likeness (QED) is 0.674. The van der Waals surface area contributed by atoms with Gasteiger partial charge in [0.05, 0.1) is 11.4 Å². The van der Waals surface area contributed by atoms with Crippen LogP contribution in [0.2, 0.25) is 0 Å². The molecule has 2 atom stereocenters. The number of amides is 1. The first-order valence-corrected chi connectivity index (χ1v) is 9.77. The zero-order chi connectivity index (χ0) is 18.8. The number of thiazole rings is 1. The van der Waals surface area contributed by atoms with E-state index in [1.54, 1.807) is 10.9 Å². The summed E-state index contributed by atoms with van der Waals surface area (Å²) in [6, 6.07) is 9.73. The summed E-state index contributed by atoms with van der Waals surface area (Å²) in [5, 5.41) is 10.3. The molecule has 27 heavy (non-hydrogen) atoms. The van der Waals surface area contributed by atoms with Crippen molar-refractivity contribution in [3.63, 3.8) is 0 Å². The predicted octanol–water partition coefficient (Wildman–Crippen LogP) is 2.61. The monoisotopic (exact) mass is 383 g/mol. The number of carbonyl (C=O) groups is 1. The summed E-state index contributed by atoms with van der Waals surface area (Å²) < 4.78 is 5.99. The SMILES string of the molecule is CN(C)C[C@H]1CN(C(=O)c2cscn2)C[C@@H]1c1nnc(-c2ccccc2)o1. The average molecular weight is 383 g/mol. The highest BCUT2D eigenvalue weighted by Gasteiger charge is 2.40. The Morgan fingerprint density at radius 1 is 1.26 bits per heavy atom. The Bertz CT molecular complexity index is 894. The highest BCUT2D eigenvalue weighted by Crippen LogP contribution is 2.34. The zero-order valence-electron chi connectivity index (χ0n) is 15.3. The summed E-state index contributed by atoms with van der Waals surface area (Å²) in [5.41, 5.74) is 3.08. The number of hydrogen-bond donors (Lipinski definition) is 0. The molecule has 4 rings (SSSR count). The molecule has 0 radical (unpaired) electrons. The largest absolute Gasteiger partial charge is 0.420 e. The van der Waals surface area contributed by atoms with Crippen molar-refractivity contribution in [3.05, 3.63) is 52.8 Å². The molecule has 0 unspecified atom stereocenters. The summed E-state index contributed by atoms with van der Waals surface area (Å²) in [5.74, 6) is 1.31. The van der Waals surface area contributed by atoms with Gasteiger partial charge in [0, 0.05) is 36.5 Å². The van der Waals surface area contributed by atoms with Gasteiger partial charge in [0.1, 0.15) is 5.69 Å². The highest BCUT2D eigenvalue weighted by molar-refractivity contribution is 7.07. The van der Waals surface area contributed by atoms with Crippen molar-refractivity contribution in [2.24, 2.45) is 5.92 Å². The summed E-state index contributed by atoms with van der Waals surface area (Å²) in [6.45, 7) is 2.06. The molecular weight excluding hydrogens is 362 g/mol. The second-order valence-corrected chi connectivity index (χ2v) is 7.74. The fourth-order valence-electron chi connectivity index (χ4n) is 3.53. The molecule has 1 aliphatic rings. The first-order valence-electron chi connectivity index (χ1n) is 8.83. The molecule has 0 N–H and O–H groups in total. The molecule has 0 aliphatic carbocycles. The fourth-order valence-corrected chi connectivity index (χ4v) is 4.06. The second kappa shape index (κ2) is 7.58. The maximum atomic E-state index is 12.7. The Morgan fingerprint density at radius 3 is 2.78 bits per heavy atom. The van der Waals surface area contributed by atoms with E-state index in [0.717, 1.165) is 12.1 Å². The standard InChI is InChI=1S/C19H21N5O2S/c1-23(2)8-14-9-24(19(25)16-11-27-12-20-16)10-15(14)18-22-21-17(26-18)13-6-4-3-5-7-13/h3-7,11-12,14-15H,8-10H2,1-2H3/t14-,15-/m0/s1. The average Bonchev–Trinajstić information content (AvgIpc) is 3.41. The minimum atomic E-state index is -0.0368. The van der Waals surface area contributed by atoms with Crippen LogP contribution in [0.25, 0.3) is 11.5 Å². The minimum Gasteiger partial charge on any atom is -0.420 e. The maximum Gasteiger partial charge on any atom is 0.273 e. The lowest BCUT2D eigenvalue weighted by molar-refractivity contribution is 0.0779. The van der Waals surface area contributed by atoms with Crippen molar-refractivity contribution in [2.45, 2.75) is 5.92 Å². The molecule has 3 aromatic rings. The van der Waals surface area contributed by atoms with Gasteiger partial charge in [-0.25, -0.2) is 4.98 Å². The number of hydrogen-bond acceptors (Lipinski definition) is 7. The van der Waals surface area contributed by atoms with Crippen molar-refractivity contribution in [3.8, 4) is 11.5 Å². The lowest BCUT2D eigenvalue weighted by Gasteiger charge is -2.19. The van der Waals surface area contributed by atoms with E-state index in [1.807, 2.05) is 49.3 Å². The van der Waals surface area contributed by atoms with Gasteiger partial charge in [0.2, 0.25) is 11.8 Å². The second-order valence-electron chi connectivity index (χ2n) is 7.02. The molecule has 0 saturated carbocycles. The van der Waals surface area contributed by atoms with E-state index < -0.39 is 0 Å². The van der Waals surface area contributed by atoms with E-state index in [2.05, 4.69) is 20.1 Å². The molecule has 0 spiro atoms. The molecule has 7 nitrogen and oxygen atoms in total. The van der Waals surface area contributed by atoms with Crippen molar-refractivity contribution < 1.29 is 9.21 Å². The molecule has 3 heterocycles. The van der Waals surface area contributed by atoms with Gasteiger partial charge >= 0.3 is 0 Å². The summed E-state index contributed by atoms with van der Waals surface area (Å²) >= 11 is 1.43. The summed E-state index contributed by atoms with van der Waals surface area (Å²) in [4.78, 5) is 20.9. The number of likely N-dealkylation sites (tertiary alicyclic amines) is 1. The van der Waals surface area contributed by atoms with Gasteiger partial charge in [0.15, 0.2) is 0 Å². The first kappa shape index (κ1) is 17.8. The molecule has 0 bridgehead atoms. The van der Waals surface area contributed by atoms with Crippen LogP contribution >= 0.6 is 11.3 Å². The first-order chi connectivity index (χ1) is 13.1. The van der Waals surface area contributed by atoms with Gasteiger partial charge in [0.25, 0.3) is 5.91 Å². The number of aromatic nitrogens is 3. The molecule has 2 aromatic heterocycles. The van der Waals surface area contributed by atoms with E-state index in [1.165, 1.54) is 11.3 Å². The minimum absolute atomic E-state index is 0.0138. The Morgan fingerprint density at radius 2 is 2.07 bits per heavy atom. The molecule has 1 fully saturated rings. The van der Waals surface area contributed by atoms with Gasteiger partial charge in [-0.3, -0.25) is 4.79 Å². The van der Waals surface area contributed by atoms with Gasteiger partial charge in [-0.05, 0) is 26.2 Å². The number of rotatable bonds is 5. The van der Waals surface area contributed by atoms with Gasteiger partial charge < -0.3 is 14.2 Å². The van der Waals surface area contributed by atoms with Crippen LogP contribution in [-0.2, 0) is 0 Å². The van der Waals surface area contributed by atoms with Crippen molar-refractivity contribution in [2.75, 3.05) is 33.7 Å². The molecule has 1 aliphatic heterocycles. The smallest absolute Gasteiger partial charge is 0.273 e. The van der Waals surface area contributed by atoms with Crippen molar-refractivity contribution in [1.29, 1.82) is 0 Å². The third-order valence-electron chi connectivity index (χ3n) is 4.76. The van der Waals surface area contributed by atoms with Crippen LogP contribution in [0.1, 0.15) is 22.3 Å². The Kier molecular flexibility index (Phi) is 5.00. The van der Waals surface area contributed by atoms with E-state index >= 15 is 0 Å². The lowest BCUT2D eigenvalue weighted by atomic mass is 9.95. The van der Waals surface area contributed by atoms with Crippen molar-refractivity contribution >= 4 is 17.2 Å². The molecule has 1 amide bonds. The number of benzene rings is 1. The van der Waals surface area contributed by atoms with Gasteiger partial charge in [-0.15, -0.1) is 21.5 Å². The molecule has 1 saturated heterocycles. The Hall–Kier alpha value is -2.58. The van der Waals surface area contributed by atoms with Crippen LogP contribution in [0.4, 0.5) is 0 Å². The maximum absolute atomic E-state index is 12.7. The lowest BCUT2D eigenvalue weighted by Crippen LogP contribution is -2.30. The number of nitrogens with zero attached hydrogens (tertiary/aromatic N) is 5. The van der Waals surface area contributed by atoms with E-state index in [-0.39, 0.29) is 17.7 Å². The fraction of sp³-hybridized carbons (Fsp3) is 0.368. The molecule has 8 heteroatoms. The van der Waals surface area contributed by atoms with Crippen LogP contribution < -0.4 is 0 Å². The van der Waals surface area contributed by atoms with Crippen LogP contribution in [0.15, 0.2) is 45.6 Å². The summed E-state index contributed by atoms with van der Waals surface area (Å²) in [6.07, 6.45) is 0. The normalized spacial score (nSPS) is 19.7. The third kappa shape index (κ3) is 3.77. The Labute approximate surface area is 161 Å². The van der Waals surface area contributed by atoms with Crippen LogP contribution in [0.5, 0.6) is 0 Å². The topological polar surface area (TPSA) is 75.4 Å². The van der Waals surface area contributed by atoms with Crippen molar-refractivity contribution in [1.82, 2.24) is 25.0 Å². The van der Waals surface area contributed by atoms with Crippen LogP contribution in [-0.4, -0.2) is 64.6 Å². The Balaban J connectivity index is 1.58. The van der Waals surface area contributed by atoms with E-state index in [4.69, 9.17) is 4.42 Å². The van der Waals surface area contributed by atoms with E-state index in [0.29, 0.717) is 30.6 Å². The highest BCUT2D eigenvalue weighted by atomic mass is 32.1. The van der Waals surface area contributed by atoms with Crippen LogP contribution in [0.3, 0.4) is 0 Å². The van der Waals surface area contributed by atoms with Gasteiger partial charge in [-0.2, -0.15) is 0 Å². The third-order valence-corrected chi connectivity index (χ3v) is 5.34. The zero-order valence-corrected chi connectivity index (χ0v) is 16.1. The molecular formula is C19H21N5O2S. The summed E-state index contributed by atoms with van der Waals surface area (Å²) in [7, 11) is 4.07.